The molecule has 1 aromatic rings. The van der Waals surface area contributed by atoms with E-state index in [1.807, 2.05) is 38.1 Å². The Balaban J connectivity index is 2.02. The maximum atomic E-state index is 12.6. The predicted octanol–water partition coefficient (Wildman–Crippen LogP) is 3.33. The van der Waals surface area contributed by atoms with Gasteiger partial charge in [0.25, 0.3) is 0 Å². The molecule has 1 aromatic carbocycles. The molecule has 0 spiro atoms. The number of rotatable bonds is 1. The molecule has 4 heteroatoms. The van der Waals surface area contributed by atoms with E-state index in [4.69, 9.17) is 11.6 Å². The van der Waals surface area contributed by atoms with Crippen molar-refractivity contribution in [3.63, 3.8) is 0 Å². The Labute approximate surface area is 123 Å². The van der Waals surface area contributed by atoms with Crippen molar-refractivity contribution in [2.75, 3.05) is 4.90 Å². The number of hydrogen-bond donors (Lipinski definition) is 0. The Kier molecular flexibility index (Phi) is 3.17. The van der Waals surface area contributed by atoms with Gasteiger partial charge in [-0.3, -0.25) is 9.59 Å². The van der Waals surface area contributed by atoms with Crippen LogP contribution in [0.5, 0.6) is 0 Å². The SMILES string of the molecule is Cc1ccc(C)c(N2C(=O)[C@@H]3CC=C(Cl)C[C@H]3C2=O)c1. The van der Waals surface area contributed by atoms with E-state index < -0.39 is 0 Å². The van der Waals surface area contributed by atoms with Crippen molar-refractivity contribution in [3.8, 4) is 0 Å². The number of carbonyl (C=O) groups is 2. The van der Waals surface area contributed by atoms with E-state index in [-0.39, 0.29) is 23.7 Å². The molecular weight excluding hydrogens is 274 g/mol. The summed E-state index contributed by atoms with van der Waals surface area (Å²) in [6, 6.07) is 5.82. The highest BCUT2D eigenvalue weighted by molar-refractivity contribution is 6.30. The smallest absolute Gasteiger partial charge is 0.238 e. The molecule has 0 radical (unpaired) electrons. The third-order valence-electron chi connectivity index (χ3n) is 4.17. The molecule has 20 heavy (non-hydrogen) atoms. The lowest BCUT2D eigenvalue weighted by Crippen LogP contribution is -2.31. The molecular formula is C16H16ClNO2. The molecule has 2 amide bonds. The van der Waals surface area contributed by atoms with E-state index in [9.17, 15) is 9.59 Å². The highest BCUT2D eigenvalue weighted by Crippen LogP contribution is 2.41. The zero-order valence-electron chi connectivity index (χ0n) is 11.5. The van der Waals surface area contributed by atoms with Crippen LogP contribution < -0.4 is 4.90 Å². The molecule has 0 unspecified atom stereocenters. The number of amides is 2. The van der Waals surface area contributed by atoms with Gasteiger partial charge in [-0.1, -0.05) is 29.8 Å². The topological polar surface area (TPSA) is 37.4 Å². The second-order valence-corrected chi connectivity index (χ2v) is 6.09. The third-order valence-corrected chi connectivity index (χ3v) is 4.48. The van der Waals surface area contributed by atoms with Gasteiger partial charge in [0.1, 0.15) is 0 Å². The zero-order chi connectivity index (χ0) is 14.4. The van der Waals surface area contributed by atoms with E-state index in [1.165, 1.54) is 4.90 Å². The van der Waals surface area contributed by atoms with Gasteiger partial charge in [-0.25, -0.2) is 4.90 Å². The largest absolute Gasteiger partial charge is 0.274 e. The summed E-state index contributed by atoms with van der Waals surface area (Å²) < 4.78 is 0. The second-order valence-electron chi connectivity index (χ2n) is 5.61. The van der Waals surface area contributed by atoms with Gasteiger partial charge in [-0.2, -0.15) is 0 Å². The van der Waals surface area contributed by atoms with Crippen molar-refractivity contribution < 1.29 is 9.59 Å². The quantitative estimate of drug-likeness (QED) is 0.744. The lowest BCUT2D eigenvalue weighted by atomic mass is 9.85. The highest BCUT2D eigenvalue weighted by atomic mass is 35.5. The fraction of sp³-hybridized carbons (Fsp3) is 0.375. The molecule has 1 aliphatic heterocycles. The number of allylic oxidation sites excluding steroid dienone is 2. The number of fused-ring (bicyclic) bond motifs is 1. The lowest BCUT2D eigenvalue weighted by Gasteiger charge is -2.18. The van der Waals surface area contributed by atoms with Gasteiger partial charge in [0.05, 0.1) is 17.5 Å². The van der Waals surface area contributed by atoms with Crippen LogP contribution in [0.15, 0.2) is 29.3 Å². The Morgan fingerprint density at radius 3 is 2.60 bits per heavy atom. The number of hydrogen-bond acceptors (Lipinski definition) is 2. The molecule has 1 heterocycles. The molecule has 0 N–H and O–H groups in total. The summed E-state index contributed by atoms with van der Waals surface area (Å²) in [7, 11) is 0. The predicted molar refractivity (Wildman–Crippen MR) is 78.6 cm³/mol. The molecule has 0 bridgehead atoms. The molecule has 3 nitrogen and oxygen atoms in total. The van der Waals surface area contributed by atoms with Crippen LogP contribution in [-0.2, 0) is 9.59 Å². The monoisotopic (exact) mass is 289 g/mol. The normalized spacial score (nSPS) is 25.8. The van der Waals surface area contributed by atoms with Gasteiger partial charge in [0.2, 0.25) is 11.8 Å². The molecule has 1 aliphatic carbocycles. The molecule has 1 fully saturated rings. The number of aryl methyl sites for hydroxylation is 2. The van der Waals surface area contributed by atoms with Crippen LogP contribution in [0.25, 0.3) is 0 Å². The van der Waals surface area contributed by atoms with Crippen molar-refractivity contribution in [1.29, 1.82) is 0 Å². The van der Waals surface area contributed by atoms with Gasteiger partial charge in [0.15, 0.2) is 0 Å². The first-order valence-electron chi connectivity index (χ1n) is 6.78. The van der Waals surface area contributed by atoms with Crippen LogP contribution in [0.2, 0.25) is 0 Å². The van der Waals surface area contributed by atoms with E-state index in [1.54, 1.807) is 0 Å². The first-order chi connectivity index (χ1) is 9.49. The number of halogens is 1. The number of carbonyl (C=O) groups excluding carboxylic acids is 2. The summed E-state index contributed by atoms with van der Waals surface area (Å²) in [5.41, 5.74) is 2.69. The highest BCUT2D eigenvalue weighted by Gasteiger charge is 2.49. The molecule has 104 valence electrons. The van der Waals surface area contributed by atoms with Crippen LogP contribution in [0.3, 0.4) is 0 Å². The summed E-state index contributed by atoms with van der Waals surface area (Å²) in [5.74, 6) is -0.737. The Bertz CT molecular complexity index is 635. The average Bonchev–Trinajstić information content (AvgIpc) is 2.65. The second kappa shape index (κ2) is 4.74. The molecule has 1 saturated heterocycles. The van der Waals surface area contributed by atoms with Gasteiger partial charge in [-0.15, -0.1) is 0 Å². The molecule has 0 aromatic heterocycles. The maximum Gasteiger partial charge on any atom is 0.238 e. The van der Waals surface area contributed by atoms with E-state index >= 15 is 0 Å². The summed E-state index contributed by atoms with van der Waals surface area (Å²) >= 11 is 6.03. The van der Waals surface area contributed by atoms with E-state index in [0.717, 1.165) is 11.1 Å². The van der Waals surface area contributed by atoms with E-state index in [2.05, 4.69) is 0 Å². The molecule has 3 rings (SSSR count). The summed E-state index contributed by atoms with van der Waals surface area (Å²) in [6.45, 7) is 3.88. The Morgan fingerprint density at radius 1 is 1.15 bits per heavy atom. The first-order valence-corrected chi connectivity index (χ1v) is 7.16. The van der Waals surface area contributed by atoms with Crippen molar-refractivity contribution in [2.45, 2.75) is 26.7 Å². The lowest BCUT2D eigenvalue weighted by molar-refractivity contribution is -0.122. The number of benzene rings is 1. The van der Waals surface area contributed by atoms with Crippen LogP contribution >= 0.6 is 11.6 Å². The van der Waals surface area contributed by atoms with Crippen molar-refractivity contribution in [1.82, 2.24) is 0 Å². The first kappa shape index (κ1) is 13.4. The zero-order valence-corrected chi connectivity index (χ0v) is 12.3. The fourth-order valence-corrected chi connectivity index (χ4v) is 3.28. The summed E-state index contributed by atoms with van der Waals surface area (Å²) in [4.78, 5) is 26.5. The molecule has 2 aliphatic rings. The molecule has 2 atom stereocenters. The number of anilines is 1. The Morgan fingerprint density at radius 2 is 1.85 bits per heavy atom. The third kappa shape index (κ3) is 1.97. The Hall–Kier alpha value is -1.61. The van der Waals surface area contributed by atoms with Crippen LogP contribution in [0.4, 0.5) is 5.69 Å². The van der Waals surface area contributed by atoms with Crippen LogP contribution in [0.1, 0.15) is 24.0 Å². The fourth-order valence-electron chi connectivity index (χ4n) is 3.03. The van der Waals surface area contributed by atoms with Crippen molar-refractivity contribution in [2.24, 2.45) is 11.8 Å². The number of imide groups is 1. The minimum atomic E-state index is -0.292. The van der Waals surface area contributed by atoms with Crippen LogP contribution in [0, 0.1) is 25.7 Å². The van der Waals surface area contributed by atoms with Gasteiger partial charge in [-0.05, 0) is 43.9 Å². The summed E-state index contributed by atoms with van der Waals surface area (Å²) in [5, 5.41) is 0.690. The molecule has 0 saturated carbocycles. The minimum absolute atomic E-state index is 0.0888. The van der Waals surface area contributed by atoms with E-state index in [0.29, 0.717) is 23.6 Å². The van der Waals surface area contributed by atoms with Crippen molar-refractivity contribution >= 4 is 29.1 Å². The maximum absolute atomic E-state index is 12.6. The van der Waals surface area contributed by atoms with Crippen molar-refractivity contribution in [3.05, 3.63) is 40.4 Å². The number of nitrogens with zero attached hydrogens (tertiary/aromatic N) is 1. The van der Waals surface area contributed by atoms with Gasteiger partial charge in [0, 0.05) is 5.03 Å². The van der Waals surface area contributed by atoms with Crippen LogP contribution in [-0.4, -0.2) is 11.8 Å². The van der Waals surface area contributed by atoms with Gasteiger partial charge < -0.3 is 0 Å². The minimum Gasteiger partial charge on any atom is -0.274 e. The summed E-state index contributed by atoms with van der Waals surface area (Å²) in [6.07, 6.45) is 2.91. The standard InChI is InChI=1S/C16H16ClNO2/c1-9-3-4-10(2)14(7-9)18-15(19)12-6-5-11(17)8-13(12)16(18)20/h3-5,7,12-13H,6,8H2,1-2H3/t12-,13-/m1/s1. The average molecular weight is 290 g/mol. The van der Waals surface area contributed by atoms with Gasteiger partial charge >= 0.3 is 0 Å².